The number of thioether (sulfide) groups is 1. The molecule has 3 aromatic carbocycles. The number of ether oxygens (including phenoxy) is 2. The Balaban J connectivity index is 1.43. The average Bonchev–Trinajstić information content (AvgIpc) is 2.86. The number of halogens is 2. The van der Waals surface area contributed by atoms with Crippen LogP contribution in [0.5, 0.6) is 5.75 Å². The van der Waals surface area contributed by atoms with Crippen molar-refractivity contribution < 1.29 is 23.8 Å². The maximum absolute atomic E-state index is 14.4. The Morgan fingerprint density at radius 1 is 1.16 bits per heavy atom. The molecule has 3 atom stereocenters. The van der Waals surface area contributed by atoms with E-state index >= 15 is 0 Å². The minimum atomic E-state index is -0.523. The minimum absolute atomic E-state index is 0.214. The summed E-state index contributed by atoms with van der Waals surface area (Å²) < 4.78 is 26.2. The second-order valence-corrected chi connectivity index (χ2v) is 10.6. The zero-order chi connectivity index (χ0) is 26.4. The highest BCUT2D eigenvalue weighted by atomic mass is 35.5. The van der Waals surface area contributed by atoms with Crippen molar-refractivity contribution in [1.29, 1.82) is 0 Å². The van der Waals surface area contributed by atoms with Crippen molar-refractivity contribution >= 4 is 35.0 Å². The van der Waals surface area contributed by atoms with Crippen LogP contribution in [0.2, 0.25) is 5.02 Å². The normalized spacial score (nSPS) is 19.4. The minimum Gasteiger partial charge on any atom is -0.494 e. The lowest BCUT2D eigenvalue weighted by Crippen LogP contribution is -2.32. The van der Waals surface area contributed by atoms with Crippen LogP contribution in [0.25, 0.3) is 0 Å². The molecule has 0 aliphatic carbocycles. The van der Waals surface area contributed by atoms with Crippen LogP contribution in [0, 0.1) is 5.82 Å². The standard InChI is InChI=1S/C29H31ClFNO4S/c1-3-35-24-8-4-19(5-9-24)12-21-13-20(6-10-26(21)30)28-16-23(34)15-25(36-28)17-37-29-14-22(32-18(2)33)7-11-27(29)31/h4-11,13-14,23,25,28,34H,3,12,15-17H2,1-2H3,(H,32,33)/t23-,25-,28+/m0/s1. The molecule has 0 aromatic heterocycles. The Bertz CT molecular complexity index is 1220. The Morgan fingerprint density at radius 3 is 2.68 bits per heavy atom. The first-order chi connectivity index (χ1) is 17.8. The van der Waals surface area contributed by atoms with Gasteiger partial charge in [0, 0.05) is 41.1 Å². The zero-order valence-corrected chi connectivity index (χ0v) is 22.4. The molecule has 0 bridgehead atoms. The van der Waals surface area contributed by atoms with Crippen LogP contribution < -0.4 is 10.1 Å². The number of hydrogen-bond donors (Lipinski definition) is 2. The van der Waals surface area contributed by atoms with E-state index in [2.05, 4.69) is 5.32 Å². The summed E-state index contributed by atoms with van der Waals surface area (Å²) in [5, 5.41) is 13.9. The van der Waals surface area contributed by atoms with Gasteiger partial charge in [-0.05, 0) is 66.4 Å². The fourth-order valence-corrected chi connectivity index (χ4v) is 5.59. The number of aliphatic hydroxyl groups is 1. The van der Waals surface area contributed by atoms with Gasteiger partial charge in [0.25, 0.3) is 0 Å². The van der Waals surface area contributed by atoms with Gasteiger partial charge in [-0.3, -0.25) is 4.79 Å². The van der Waals surface area contributed by atoms with E-state index in [1.54, 1.807) is 6.07 Å². The molecule has 1 aliphatic rings. The van der Waals surface area contributed by atoms with E-state index in [-0.39, 0.29) is 23.9 Å². The average molecular weight is 544 g/mol. The first kappa shape index (κ1) is 27.5. The topological polar surface area (TPSA) is 67.8 Å². The highest BCUT2D eigenvalue weighted by Gasteiger charge is 2.30. The quantitative estimate of drug-likeness (QED) is 0.290. The molecule has 4 rings (SSSR count). The second-order valence-electron chi connectivity index (χ2n) is 9.11. The van der Waals surface area contributed by atoms with Crippen LogP contribution in [0.3, 0.4) is 0 Å². The van der Waals surface area contributed by atoms with E-state index in [0.717, 1.165) is 22.4 Å². The van der Waals surface area contributed by atoms with Crippen molar-refractivity contribution in [3.8, 4) is 5.75 Å². The van der Waals surface area contributed by atoms with Gasteiger partial charge in [0.2, 0.25) is 5.91 Å². The van der Waals surface area contributed by atoms with Crippen molar-refractivity contribution in [1.82, 2.24) is 0 Å². The van der Waals surface area contributed by atoms with Gasteiger partial charge in [-0.15, -0.1) is 11.8 Å². The van der Waals surface area contributed by atoms with Gasteiger partial charge in [0.05, 0.1) is 24.9 Å². The number of nitrogens with one attached hydrogen (secondary N) is 1. The maximum atomic E-state index is 14.4. The third-order valence-electron chi connectivity index (χ3n) is 6.12. The summed E-state index contributed by atoms with van der Waals surface area (Å²) in [6, 6.07) is 18.3. The highest BCUT2D eigenvalue weighted by molar-refractivity contribution is 7.99. The molecule has 1 heterocycles. The van der Waals surface area contributed by atoms with E-state index in [1.165, 1.54) is 30.8 Å². The van der Waals surface area contributed by atoms with Gasteiger partial charge in [0.1, 0.15) is 11.6 Å². The number of rotatable bonds is 9. The molecule has 3 aromatic rings. The van der Waals surface area contributed by atoms with Crippen LogP contribution >= 0.6 is 23.4 Å². The fourth-order valence-electron chi connectivity index (χ4n) is 4.41. The molecule has 0 saturated carbocycles. The third-order valence-corrected chi connectivity index (χ3v) is 7.66. The summed E-state index contributed by atoms with van der Waals surface area (Å²) in [7, 11) is 0. The predicted octanol–water partition coefficient (Wildman–Crippen LogP) is 6.80. The number of carbonyl (C=O) groups excluding carboxylic acids is 1. The first-order valence-electron chi connectivity index (χ1n) is 12.3. The van der Waals surface area contributed by atoms with Crippen LogP contribution in [0.4, 0.5) is 10.1 Å². The van der Waals surface area contributed by atoms with Crippen molar-refractivity contribution in [3.63, 3.8) is 0 Å². The van der Waals surface area contributed by atoms with E-state index in [9.17, 15) is 14.3 Å². The largest absolute Gasteiger partial charge is 0.494 e. The maximum Gasteiger partial charge on any atom is 0.221 e. The van der Waals surface area contributed by atoms with Crippen LogP contribution in [-0.2, 0) is 16.0 Å². The Hall–Kier alpha value is -2.58. The molecule has 0 radical (unpaired) electrons. The molecular weight excluding hydrogens is 513 g/mol. The van der Waals surface area contributed by atoms with Crippen molar-refractivity contribution in [2.75, 3.05) is 17.7 Å². The van der Waals surface area contributed by atoms with Crippen molar-refractivity contribution in [3.05, 3.63) is 88.2 Å². The Kier molecular flexibility index (Phi) is 9.49. The summed E-state index contributed by atoms with van der Waals surface area (Å²) in [6.07, 6.45) is 0.553. The van der Waals surface area contributed by atoms with Crippen LogP contribution in [0.1, 0.15) is 49.5 Å². The lowest BCUT2D eigenvalue weighted by molar-refractivity contribution is -0.114. The van der Waals surface area contributed by atoms with Crippen molar-refractivity contribution in [2.24, 2.45) is 0 Å². The fraction of sp³-hybridized carbons (Fsp3) is 0.345. The summed E-state index contributed by atoms with van der Waals surface area (Å²) in [5.74, 6) is 0.736. The highest BCUT2D eigenvalue weighted by Crippen LogP contribution is 2.36. The Labute approximate surface area is 226 Å². The zero-order valence-electron chi connectivity index (χ0n) is 20.9. The molecule has 1 saturated heterocycles. The summed E-state index contributed by atoms with van der Waals surface area (Å²) >= 11 is 7.83. The number of hydrogen-bond acceptors (Lipinski definition) is 5. The molecule has 8 heteroatoms. The molecule has 196 valence electrons. The van der Waals surface area contributed by atoms with Gasteiger partial charge < -0.3 is 19.9 Å². The Morgan fingerprint density at radius 2 is 1.95 bits per heavy atom. The molecule has 1 fully saturated rings. The predicted molar refractivity (Wildman–Crippen MR) is 146 cm³/mol. The number of aliphatic hydroxyl groups excluding tert-OH is 1. The summed E-state index contributed by atoms with van der Waals surface area (Å²) in [5.41, 5.74) is 3.60. The van der Waals surface area contributed by atoms with E-state index < -0.39 is 6.10 Å². The van der Waals surface area contributed by atoms with Crippen molar-refractivity contribution in [2.45, 2.75) is 56.3 Å². The molecule has 1 amide bonds. The van der Waals surface area contributed by atoms with Gasteiger partial charge in [-0.25, -0.2) is 4.39 Å². The summed E-state index contributed by atoms with van der Waals surface area (Å²) in [6.45, 7) is 3.99. The number of carbonyl (C=O) groups is 1. The molecule has 0 spiro atoms. The van der Waals surface area contributed by atoms with Gasteiger partial charge in [-0.2, -0.15) is 0 Å². The van der Waals surface area contributed by atoms with Gasteiger partial charge >= 0.3 is 0 Å². The smallest absolute Gasteiger partial charge is 0.221 e. The third kappa shape index (κ3) is 7.71. The lowest BCUT2D eigenvalue weighted by Gasteiger charge is -2.33. The monoisotopic (exact) mass is 543 g/mol. The lowest BCUT2D eigenvalue weighted by atomic mass is 9.94. The molecule has 5 nitrogen and oxygen atoms in total. The number of anilines is 1. The molecule has 37 heavy (non-hydrogen) atoms. The molecule has 2 N–H and O–H groups in total. The van der Waals surface area contributed by atoms with Gasteiger partial charge in [-0.1, -0.05) is 35.9 Å². The van der Waals surface area contributed by atoms with Crippen LogP contribution in [0.15, 0.2) is 65.6 Å². The first-order valence-corrected chi connectivity index (χ1v) is 13.7. The molecular formula is C29H31ClFNO4S. The van der Waals surface area contributed by atoms with Crippen LogP contribution in [-0.4, -0.2) is 35.6 Å². The molecule has 1 aliphatic heterocycles. The number of benzene rings is 3. The van der Waals surface area contributed by atoms with Gasteiger partial charge in [0.15, 0.2) is 0 Å². The van der Waals surface area contributed by atoms with E-state index in [1.807, 2.05) is 49.4 Å². The van der Waals surface area contributed by atoms with E-state index in [0.29, 0.717) is 47.2 Å². The molecule has 0 unspecified atom stereocenters. The van der Waals surface area contributed by atoms with E-state index in [4.69, 9.17) is 21.1 Å². The number of amides is 1. The SMILES string of the molecule is CCOc1ccc(Cc2cc([C@H]3C[C@@H](O)C[C@@H](CSc4cc(NC(C)=O)ccc4F)O3)ccc2Cl)cc1. The summed E-state index contributed by atoms with van der Waals surface area (Å²) in [4.78, 5) is 11.8. The second kappa shape index (κ2) is 12.8.